The Hall–Kier alpha value is -1.35. The minimum atomic E-state index is -0.769. The lowest BCUT2D eigenvalue weighted by molar-refractivity contribution is -0.138. The molecular formula is C14H18O3. The summed E-state index contributed by atoms with van der Waals surface area (Å²) in [6, 6.07) is 7.98. The number of carboxylic acid groups (broad SMARTS) is 1. The van der Waals surface area contributed by atoms with Gasteiger partial charge in [-0.15, -0.1) is 0 Å². The van der Waals surface area contributed by atoms with Crippen LogP contribution in [0.2, 0.25) is 0 Å². The molecule has 0 saturated carbocycles. The Morgan fingerprint density at radius 3 is 2.76 bits per heavy atom. The predicted molar refractivity (Wildman–Crippen MR) is 65.3 cm³/mol. The summed E-state index contributed by atoms with van der Waals surface area (Å²) in [4.78, 5) is 11.0. The molecule has 17 heavy (non-hydrogen) atoms. The maximum atomic E-state index is 11.0. The van der Waals surface area contributed by atoms with Gasteiger partial charge in [0, 0.05) is 13.2 Å². The van der Waals surface area contributed by atoms with Crippen LogP contribution in [0.4, 0.5) is 0 Å². The Morgan fingerprint density at radius 2 is 2.12 bits per heavy atom. The molecule has 1 N–H and O–H groups in total. The fraction of sp³-hybridized carbons (Fsp3) is 0.500. The van der Waals surface area contributed by atoms with Crippen LogP contribution in [0.1, 0.15) is 42.7 Å². The lowest BCUT2D eigenvalue weighted by atomic mass is 9.89. The lowest BCUT2D eigenvalue weighted by Gasteiger charge is -2.23. The Kier molecular flexibility index (Phi) is 3.79. The first kappa shape index (κ1) is 12.1. The second kappa shape index (κ2) is 5.32. The molecular weight excluding hydrogens is 216 g/mol. The Labute approximate surface area is 101 Å². The second-order valence-electron chi connectivity index (χ2n) is 4.62. The summed E-state index contributed by atoms with van der Waals surface area (Å²) < 4.78 is 5.34. The molecule has 1 unspecified atom stereocenters. The molecule has 92 valence electrons. The van der Waals surface area contributed by atoms with Gasteiger partial charge < -0.3 is 9.84 Å². The highest BCUT2D eigenvalue weighted by Crippen LogP contribution is 2.28. The molecule has 3 heteroatoms. The molecule has 0 spiro atoms. The highest BCUT2D eigenvalue weighted by Gasteiger charge is 2.18. The van der Waals surface area contributed by atoms with Crippen molar-refractivity contribution in [3.05, 3.63) is 35.4 Å². The highest BCUT2D eigenvalue weighted by molar-refractivity contribution is 5.75. The standard InChI is InChI=1S/C14H18O3/c1-10(14(15)16)12-3-2-4-13(9-12)11-5-7-17-8-6-11/h2-4,9-11H,5-8H2,1H3,(H,15,16). The van der Waals surface area contributed by atoms with Crippen LogP contribution in [0.15, 0.2) is 24.3 Å². The van der Waals surface area contributed by atoms with Crippen molar-refractivity contribution in [2.45, 2.75) is 31.6 Å². The lowest BCUT2D eigenvalue weighted by Crippen LogP contribution is -2.15. The number of carboxylic acids is 1. The molecule has 3 nitrogen and oxygen atoms in total. The summed E-state index contributed by atoms with van der Waals surface area (Å²) in [5, 5.41) is 9.02. The van der Waals surface area contributed by atoms with Crippen molar-refractivity contribution in [2.24, 2.45) is 0 Å². The molecule has 0 aromatic heterocycles. The van der Waals surface area contributed by atoms with Gasteiger partial charge in [-0.25, -0.2) is 0 Å². The number of aliphatic carboxylic acids is 1. The largest absolute Gasteiger partial charge is 0.481 e. The molecule has 0 aliphatic carbocycles. The molecule has 1 aliphatic heterocycles. The third-order valence-corrected chi connectivity index (χ3v) is 3.47. The fourth-order valence-corrected chi connectivity index (χ4v) is 2.26. The van der Waals surface area contributed by atoms with Crippen molar-refractivity contribution in [1.29, 1.82) is 0 Å². The number of ether oxygens (including phenoxy) is 1. The predicted octanol–water partition coefficient (Wildman–Crippen LogP) is 2.77. The first-order valence-corrected chi connectivity index (χ1v) is 6.09. The van der Waals surface area contributed by atoms with Gasteiger partial charge in [-0.05, 0) is 36.8 Å². The van der Waals surface area contributed by atoms with E-state index in [0.29, 0.717) is 5.92 Å². The topological polar surface area (TPSA) is 46.5 Å². The number of carbonyl (C=O) groups is 1. The summed E-state index contributed by atoms with van der Waals surface area (Å²) in [5.74, 6) is -0.686. The van der Waals surface area contributed by atoms with Gasteiger partial charge in [-0.1, -0.05) is 24.3 Å². The molecule has 2 rings (SSSR count). The van der Waals surface area contributed by atoms with Gasteiger partial charge in [0.15, 0.2) is 0 Å². The van der Waals surface area contributed by atoms with E-state index in [2.05, 4.69) is 6.07 Å². The zero-order valence-electron chi connectivity index (χ0n) is 10.1. The van der Waals surface area contributed by atoms with Crippen LogP contribution >= 0.6 is 0 Å². The first-order chi connectivity index (χ1) is 8.18. The first-order valence-electron chi connectivity index (χ1n) is 6.09. The zero-order valence-corrected chi connectivity index (χ0v) is 10.1. The van der Waals surface area contributed by atoms with Crippen LogP contribution in [0, 0.1) is 0 Å². The van der Waals surface area contributed by atoms with Gasteiger partial charge >= 0.3 is 5.97 Å². The number of hydrogen-bond donors (Lipinski definition) is 1. The quantitative estimate of drug-likeness (QED) is 0.874. The van der Waals surface area contributed by atoms with Crippen molar-refractivity contribution in [1.82, 2.24) is 0 Å². The number of benzene rings is 1. The molecule has 1 aromatic rings. The summed E-state index contributed by atoms with van der Waals surface area (Å²) in [6.07, 6.45) is 2.07. The third kappa shape index (κ3) is 2.86. The van der Waals surface area contributed by atoms with Gasteiger partial charge in [0.25, 0.3) is 0 Å². The maximum absolute atomic E-state index is 11.0. The van der Waals surface area contributed by atoms with Crippen LogP contribution < -0.4 is 0 Å². The van der Waals surface area contributed by atoms with Crippen molar-refractivity contribution in [3.8, 4) is 0 Å². The van der Waals surface area contributed by atoms with Crippen LogP contribution in [0.3, 0.4) is 0 Å². The summed E-state index contributed by atoms with van der Waals surface area (Å²) in [7, 11) is 0. The Morgan fingerprint density at radius 1 is 1.41 bits per heavy atom. The van der Waals surface area contributed by atoms with Crippen molar-refractivity contribution in [3.63, 3.8) is 0 Å². The normalized spacial score (nSPS) is 18.9. The maximum Gasteiger partial charge on any atom is 0.310 e. The fourth-order valence-electron chi connectivity index (χ4n) is 2.26. The number of hydrogen-bond acceptors (Lipinski definition) is 2. The van der Waals surface area contributed by atoms with Crippen LogP contribution in [0.25, 0.3) is 0 Å². The second-order valence-corrected chi connectivity index (χ2v) is 4.62. The Balaban J connectivity index is 2.18. The average Bonchev–Trinajstić information content (AvgIpc) is 2.39. The van der Waals surface area contributed by atoms with Gasteiger partial charge in [-0.2, -0.15) is 0 Å². The number of rotatable bonds is 3. The van der Waals surface area contributed by atoms with Gasteiger partial charge in [0.05, 0.1) is 5.92 Å². The van der Waals surface area contributed by atoms with Gasteiger partial charge in [-0.3, -0.25) is 4.79 Å². The summed E-state index contributed by atoms with van der Waals surface area (Å²) >= 11 is 0. The zero-order chi connectivity index (χ0) is 12.3. The summed E-state index contributed by atoms with van der Waals surface area (Å²) in [5.41, 5.74) is 2.14. The van der Waals surface area contributed by atoms with E-state index < -0.39 is 11.9 Å². The molecule has 1 aromatic carbocycles. The van der Waals surface area contributed by atoms with E-state index in [4.69, 9.17) is 9.84 Å². The molecule has 1 fully saturated rings. The smallest absolute Gasteiger partial charge is 0.310 e. The monoisotopic (exact) mass is 234 g/mol. The van der Waals surface area contributed by atoms with E-state index in [0.717, 1.165) is 31.6 Å². The van der Waals surface area contributed by atoms with E-state index in [1.165, 1.54) is 5.56 Å². The van der Waals surface area contributed by atoms with Gasteiger partial charge in [0.1, 0.15) is 0 Å². The van der Waals surface area contributed by atoms with E-state index in [9.17, 15) is 4.79 Å². The third-order valence-electron chi connectivity index (χ3n) is 3.47. The van der Waals surface area contributed by atoms with Crippen molar-refractivity contribution in [2.75, 3.05) is 13.2 Å². The Bertz CT molecular complexity index is 394. The molecule has 0 amide bonds. The molecule has 1 aliphatic rings. The molecule has 1 heterocycles. The molecule has 0 bridgehead atoms. The van der Waals surface area contributed by atoms with E-state index in [1.54, 1.807) is 6.92 Å². The minimum absolute atomic E-state index is 0.435. The van der Waals surface area contributed by atoms with Crippen LogP contribution in [-0.4, -0.2) is 24.3 Å². The molecule has 1 atom stereocenters. The molecule has 0 radical (unpaired) electrons. The van der Waals surface area contributed by atoms with E-state index in [1.807, 2.05) is 18.2 Å². The van der Waals surface area contributed by atoms with E-state index in [-0.39, 0.29) is 0 Å². The van der Waals surface area contributed by atoms with Gasteiger partial charge in [0.2, 0.25) is 0 Å². The SMILES string of the molecule is CC(C(=O)O)c1cccc(C2CCOCC2)c1. The van der Waals surface area contributed by atoms with E-state index >= 15 is 0 Å². The van der Waals surface area contributed by atoms with Crippen molar-refractivity contribution < 1.29 is 14.6 Å². The van der Waals surface area contributed by atoms with Crippen LogP contribution in [-0.2, 0) is 9.53 Å². The minimum Gasteiger partial charge on any atom is -0.481 e. The van der Waals surface area contributed by atoms with Crippen LogP contribution in [0.5, 0.6) is 0 Å². The average molecular weight is 234 g/mol. The molecule has 1 saturated heterocycles. The van der Waals surface area contributed by atoms with Crippen molar-refractivity contribution >= 4 is 5.97 Å². The highest BCUT2D eigenvalue weighted by atomic mass is 16.5. The summed E-state index contributed by atoms with van der Waals surface area (Å²) in [6.45, 7) is 3.35.